The monoisotopic (exact) mass is 286 g/mol. The SMILES string of the molecule is CCOCCCNC(=S)Nc1cnn(CCOC)c1. The number of thiocarbonyl (C=S) groups is 1. The Labute approximate surface area is 119 Å². The molecule has 0 saturated heterocycles. The summed E-state index contributed by atoms with van der Waals surface area (Å²) in [6.45, 7) is 5.66. The van der Waals surface area contributed by atoms with Crippen LogP contribution in [0.5, 0.6) is 0 Å². The van der Waals surface area contributed by atoms with Crippen LogP contribution < -0.4 is 10.6 Å². The average Bonchev–Trinajstić information content (AvgIpc) is 2.83. The largest absolute Gasteiger partial charge is 0.383 e. The fourth-order valence-electron chi connectivity index (χ4n) is 1.43. The molecule has 0 radical (unpaired) electrons. The molecule has 0 atom stereocenters. The van der Waals surface area contributed by atoms with Crippen LogP contribution in [0.4, 0.5) is 5.69 Å². The van der Waals surface area contributed by atoms with E-state index < -0.39 is 0 Å². The van der Waals surface area contributed by atoms with E-state index in [0.717, 1.165) is 38.4 Å². The van der Waals surface area contributed by atoms with E-state index in [2.05, 4.69) is 15.7 Å². The van der Waals surface area contributed by atoms with Gasteiger partial charge in [-0.05, 0) is 25.6 Å². The molecule has 108 valence electrons. The second-order valence-corrected chi connectivity index (χ2v) is 4.32. The number of aromatic nitrogens is 2. The first-order valence-electron chi connectivity index (χ1n) is 6.40. The highest BCUT2D eigenvalue weighted by Gasteiger charge is 2.00. The van der Waals surface area contributed by atoms with Crippen LogP contribution in [0.2, 0.25) is 0 Å². The summed E-state index contributed by atoms with van der Waals surface area (Å²) in [5, 5.41) is 11.0. The predicted molar refractivity (Wildman–Crippen MR) is 79.4 cm³/mol. The Bertz CT molecular complexity index is 370. The van der Waals surface area contributed by atoms with Crippen molar-refractivity contribution < 1.29 is 9.47 Å². The number of hydrogen-bond acceptors (Lipinski definition) is 4. The first-order valence-corrected chi connectivity index (χ1v) is 6.81. The van der Waals surface area contributed by atoms with Gasteiger partial charge < -0.3 is 20.1 Å². The van der Waals surface area contributed by atoms with Crippen LogP contribution in [0.15, 0.2) is 12.4 Å². The van der Waals surface area contributed by atoms with Crippen molar-refractivity contribution in [3.05, 3.63) is 12.4 Å². The summed E-state index contributed by atoms with van der Waals surface area (Å²) in [6.07, 6.45) is 4.57. The molecule has 0 amide bonds. The van der Waals surface area contributed by atoms with E-state index in [1.807, 2.05) is 17.8 Å². The van der Waals surface area contributed by atoms with Crippen LogP contribution in [-0.4, -0.2) is 48.4 Å². The van der Waals surface area contributed by atoms with Crippen LogP contribution >= 0.6 is 12.2 Å². The number of methoxy groups -OCH3 is 1. The fourth-order valence-corrected chi connectivity index (χ4v) is 1.65. The second kappa shape index (κ2) is 9.71. The van der Waals surface area contributed by atoms with E-state index in [-0.39, 0.29) is 0 Å². The Kier molecular flexibility index (Phi) is 8.11. The predicted octanol–water partition coefficient (Wildman–Crippen LogP) is 1.24. The first kappa shape index (κ1) is 15.9. The summed E-state index contributed by atoms with van der Waals surface area (Å²) in [7, 11) is 1.67. The van der Waals surface area contributed by atoms with Gasteiger partial charge in [0.25, 0.3) is 0 Å². The zero-order valence-corrected chi connectivity index (χ0v) is 12.3. The van der Waals surface area contributed by atoms with Crippen molar-refractivity contribution in [3.63, 3.8) is 0 Å². The lowest BCUT2D eigenvalue weighted by Gasteiger charge is -2.08. The maximum Gasteiger partial charge on any atom is 0.170 e. The molecular weight excluding hydrogens is 264 g/mol. The third-order valence-corrected chi connectivity index (χ3v) is 2.62. The van der Waals surface area contributed by atoms with E-state index in [0.29, 0.717) is 11.7 Å². The minimum absolute atomic E-state index is 0.600. The minimum Gasteiger partial charge on any atom is -0.383 e. The smallest absolute Gasteiger partial charge is 0.170 e. The summed E-state index contributed by atoms with van der Waals surface area (Å²) in [6, 6.07) is 0. The third-order valence-electron chi connectivity index (χ3n) is 2.37. The van der Waals surface area contributed by atoms with Gasteiger partial charge in [-0.3, -0.25) is 4.68 Å². The summed E-state index contributed by atoms with van der Waals surface area (Å²) in [5.74, 6) is 0. The number of ether oxygens (including phenoxy) is 2. The average molecular weight is 286 g/mol. The van der Waals surface area contributed by atoms with Gasteiger partial charge in [0.05, 0.1) is 25.0 Å². The molecule has 6 nitrogen and oxygen atoms in total. The van der Waals surface area contributed by atoms with Crippen LogP contribution in [0.3, 0.4) is 0 Å². The zero-order chi connectivity index (χ0) is 13.9. The highest BCUT2D eigenvalue weighted by Crippen LogP contribution is 2.04. The highest BCUT2D eigenvalue weighted by atomic mass is 32.1. The van der Waals surface area contributed by atoms with Crippen LogP contribution in [0.1, 0.15) is 13.3 Å². The summed E-state index contributed by atoms with van der Waals surface area (Å²) in [5.41, 5.74) is 0.874. The molecule has 1 heterocycles. The Balaban J connectivity index is 2.18. The quantitative estimate of drug-likeness (QED) is 0.526. The molecule has 0 fully saturated rings. The lowest BCUT2D eigenvalue weighted by molar-refractivity contribution is 0.146. The highest BCUT2D eigenvalue weighted by molar-refractivity contribution is 7.80. The van der Waals surface area contributed by atoms with Crippen molar-refractivity contribution in [1.82, 2.24) is 15.1 Å². The summed E-state index contributed by atoms with van der Waals surface area (Å²) in [4.78, 5) is 0. The lowest BCUT2D eigenvalue weighted by atomic mass is 10.4. The summed E-state index contributed by atoms with van der Waals surface area (Å²) >= 11 is 5.19. The molecule has 0 spiro atoms. The molecule has 0 unspecified atom stereocenters. The molecule has 0 aliphatic rings. The number of hydrogen-bond donors (Lipinski definition) is 2. The van der Waals surface area contributed by atoms with Crippen LogP contribution in [0.25, 0.3) is 0 Å². The summed E-state index contributed by atoms with van der Waals surface area (Å²) < 4.78 is 12.0. The molecule has 1 rings (SSSR count). The number of nitrogens with one attached hydrogen (secondary N) is 2. The van der Waals surface area contributed by atoms with Gasteiger partial charge in [-0.1, -0.05) is 0 Å². The van der Waals surface area contributed by atoms with Gasteiger partial charge in [0.2, 0.25) is 0 Å². The molecule has 1 aromatic rings. The van der Waals surface area contributed by atoms with Gasteiger partial charge in [0.1, 0.15) is 0 Å². The van der Waals surface area contributed by atoms with Gasteiger partial charge in [0.15, 0.2) is 5.11 Å². The van der Waals surface area contributed by atoms with Crippen LogP contribution in [0, 0.1) is 0 Å². The van der Waals surface area contributed by atoms with Gasteiger partial charge in [-0.25, -0.2) is 0 Å². The molecule has 0 aliphatic heterocycles. The van der Waals surface area contributed by atoms with E-state index in [9.17, 15) is 0 Å². The Morgan fingerprint density at radius 3 is 3.05 bits per heavy atom. The molecular formula is C12H22N4O2S. The van der Waals surface area contributed by atoms with Crippen molar-refractivity contribution in [1.29, 1.82) is 0 Å². The molecule has 2 N–H and O–H groups in total. The van der Waals surface area contributed by atoms with Gasteiger partial charge in [0, 0.05) is 33.1 Å². The Morgan fingerprint density at radius 1 is 1.47 bits per heavy atom. The van der Waals surface area contributed by atoms with E-state index >= 15 is 0 Å². The second-order valence-electron chi connectivity index (χ2n) is 3.92. The first-order chi connectivity index (χ1) is 9.26. The Morgan fingerprint density at radius 2 is 2.32 bits per heavy atom. The van der Waals surface area contributed by atoms with Crippen molar-refractivity contribution in [2.75, 3.05) is 38.8 Å². The van der Waals surface area contributed by atoms with Crippen molar-refractivity contribution in [2.24, 2.45) is 0 Å². The molecule has 7 heteroatoms. The third kappa shape index (κ3) is 7.09. The molecule has 0 aromatic carbocycles. The van der Waals surface area contributed by atoms with Crippen molar-refractivity contribution in [3.8, 4) is 0 Å². The van der Waals surface area contributed by atoms with Crippen molar-refractivity contribution in [2.45, 2.75) is 19.9 Å². The zero-order valence-electron chi connectivity index (χ0n) is 11.5. The number of anilines is 1. The van der Waals surface area contributed by atoms with E-state index in [1.54, 1.807) is 13.3 Å². The van der Waals surface area contributed by atoms with Crippen molar-refractivity contribution >= 4 is 23.0 Å². The molecule has 0 aliphatic carbocycles. The van der Waals surface area contributed by atoms with Gasteiger partial charge in [-0.15, -0.1) is 0 Å². The topological polar surface area (TPSA) is 60.3 Å². The molecule has 0 saturated carbocycles. The maximum absolute atomic E-state index is 5.25. The normalized spacial score (nSPS) is 10.4. The van der Waals surface area contributed by atoms with E-state index in [1.165, 1.54) is 0 Å². The van der Waals surface area contributed by atoms with E-state index in [4.69, 9.17) is 21.7 Å². The van der Waals surface area contributed by atoms with Gasteiger partial charge >= 0.3 is 0 Å². The lowest BCUT2D eigenvalue weighted by Crippen LogP contribution is -2.29. The van der Waals surface area contributed by atoms with Crippen LogP contribution in [-0.2, 0) is 16.0 Å². The van der Waals surface area contributed by atoms with Gasteiger partial charge in [-0.2, -0.15) is 5.10 Å². The standard InChI is InChI=1S/C12H22N4O2S/c1-3-18-7-4-5-13-12(19)15-11-9-14-16(10-11)6-8-17-2/h9-10H,3-8H2,1-2H3,(H2,13,15,19). The fraction of sp³-hybridized carbons (Fsp3) is 0.667. The molecule has 1 aromatic heterocycles. The minimum atomic E-state index is 0.600. The molecule has 19 heavy (non-hydrogen) atoms. The molecule has 0 bridgehead atoms. The maximum atomic E-state index is 5.25. The number of rotatable bonds is 9. The number of nitrogens with zero attached hydrogens (tertiary/aromatic N) is 2. The Hall–Kier alpha value is -1.18.